The van der Waals surface area contributed by atoms with E-state index in [2.05, 4.69) is 34.1 Å². The molecule has 1 aromatic carbocycles. The fourth-order valence-corrected chi connectivity index (χ4v) is 4.89. The quantitative estimate of drug-likeness (QED) is 0.766. The van der Waals surface area contributed by atoms with Crippen LogP contribution in [0.2, 0.25) is 0 Å². The van der Waals surface area contributed by atoms with E-state index >= 15 is 0 Å². The normalized spacial score (nSPS) is 22.0. The van der Waals surface area contributed by atoms with Crippen LogP contribution in [0, 0.1) is 0 Å². The zero-order valence-electron chi connectivity index (χ0n) is 14.6. The molecule has 0 N–H and O–H groups in total. The van der Waals surface area contributed by atoms with Gasteiger partial charge in [-0.1, -0.05) is 24.3 Å². The van der Waals surface area contributed by atoms with Crippen LogP contribution in [-0.4, -0.2) is 67.9 Å². The third kappa shape index (κ3) is 4.32. The van der Waals surface area contributed by atoms with E-state index in [0.29, 0.717) is 5.91 Å². The van der Waals surface area contributed by atoms with Crippen LogP contribution < -0.4 is 0 Å². The monoisotopic (exact) mass is 348 g/mol. The first-order valence-electron chi connectivity index (χ1n) is 8.99. The predicted octanol–water partition coefficient (Wildman–Crippen LogP) is 2.59. The SMILES string of the molecule is COCCCN1CCCN(C(=O)[C@@H]2SCCc3ccccc32)CC1. The standard InChI is InChI=1S/C19H28N2O2S/c1-23-14-5-10-20-9-4-11-21(13-12-20)19(22)18-17-7-3-2-6-16(17)8-15-24-18/h2-3,6-7,18H,4-5,8-15H2,1H3/t18-/m1/s1. The average Bonchev–Trinajstić information content (AvgIpc) is 2.87. The molecule has 0 aliphatic carbocycles. The van der Waals surface area contributed by atoms with Crippen molar-refractivity contribution in [3.63, 3.8) is 0 Å². The first-order chi connectivity index (χ1) is 11.8. The molecule has 1 fully saturated rings. The number of hydrogen-bond donors (Lipinski definition) is 0. The lowest BCUT2D eigenvalue weighted by molar-refractivity contribution is -0.130. The lowest BCUT2D eigenvalue weighted by atomic mass is 10.0. The van der Waals surface area contributed by atoms with E-state index in [0.717, 1.165) is 64.3 Å². The van der Waals surface area contributed by atoms with Gasteiger partial charge in [0.05, 0.1) is 0 Å². The van der Waals surface area contributed by atoms with E-state index < -0.39 is 0 Å². The van der Waals surface area contributed by atoms with E-state index in [1.165, 1.54) is 11.1 Å². The van der Waals surface area contributed by atoms with Gasteiger partial charge >= 0.3 is 0 Å². The van der Waals surface area contributed by atoms with E-state index in [-0.39, 0.29) is 5.25 Å². The Morgan fingerprint density at radius 2 is 2.12 bits per heavy atom. The van der Waals surface area contributed by atoms with Crippen molar-refractivity contribution < 1.29 is 9.53 Å². The zero-order valence-corrected chi connectivity index (χ0v) is 15.4. The molecular formula is C19H28N2O2S. The van der Waals surface area contributed by atoms with Gasteiger partial charge in [-0.3, -0.25) is 4.79 Å². The maximum absolute atomic E-state index is 13.1. The average molecular weight is 349 g/mol. The number of fused-ring (bicyclic) bond motifs is 1. The third-order valence-electron chi connectivity index (χ3n) is 4.94. The van der Waals surface area contributed by atoms with Crippen molar-refractivity contribution in [2.45, 2.75) is 24.5 Å². The van der Waals surface area contributed by atoms with Crippen molar-refractivity contribution in [2.24, 2.45) is 0 Å². The van der Waals surface area contributed by atoms with Crippen LogP contribution in [0.1, 0.15) is 29.2 Å². The maximum atomic E-state index is 13.1. The van der Waals surface area contributed by atoms with Gasteiger partial charge in [-0.25, -0.2) is 0 Å². The molecule has 1 saturated heterocycles. The molecule has 0 spiro atoms. The van der Waals surface area contributed by atoms with Crippen LogP contribution in [0.15, 0.2) is 24.3 Å². The van der Waals surface area contributed by atoms with Gasteiger partial charge in [0.25, 0.3) is 0 Å². The summed E-state index contributed by atoms with van der Waals surface area (Å²) in [5, 5.41) is -0.00464. The molecule has 2 heterocycles. The van der Waals surface area contributed by atoms with Gasteiger partial charge in [-0.05, 0) is 42.7 Å². The van der Waals surface area contributed by atoms with Crippen molar-refractivity contribution in [3.8, 4) is 0 Å². The van der Waals surface area contributed by atoms with Crippen molar-refractivity contribution >= 4 is 17.7 Å². The molecule has 24 heavy (non-hydrogen) atoms. The third-order valence-corrected chi connectivity index (χ3v) is 6.17. The minimum absolute atomic E-state index is 0.00464. The molecule has 1 aromatic rings. The van der Waals surface area contributed by atoms with Crippen molar-refractivity contribution in [3.05, 3.63) is 35.4 Å². The Morgan fingerprint density at radius 1 is 1.25 bits per heavy atom. The van der Waals surface area contributed by atoms with Crippen molar-refractivity contribution in [1.29, 1.82) is 0 Å². The summed E-state index contributed by atoms with van der Waals surface area (Å²) in [5.41, 5.74) is 2.59. The Balaban J connectivity index is 1.60. The van der Waals surface area contributed by atoms with Crippen LogP contribution in [0.3, 0.4) is 0 Å². The van der Waals surface area contributed by atoms with Crippen molar-refractivity contribution in [2.75, 3.05) is 52.2 Å². The molecule has 3 rings (SSSR count). The lowest BCUT2D eigenvalue weighted by Crippen LogP contribution is -2.38. The summed E-state index contributed by atoms with van der Waals surface area (Å²) in [6.07, 6.45) is 3.21. The molecule has 2 aliphatic heterocycles. The Morgan fingerprint density at radius 3 is 3.00 bits per heavy atom. The van der Waals surface area contributed by atoms with Gasteiger partial charge in [0.15, 0.2) is 0 Å². The smallest absolute Gasteiger partial charge is 0.240 e. The summed E-state index contributed by atoms with van der Waals surface area (Å²) in [6.45, 7) is 5.69. The topological polar surface area (TPSA) is 32.8 Å². The summed E-state index contributed by atoms with van der Waals surface area (Å²) in [7, 11) is 1.75. The highest BCUT2D eigenvalue weighted by atomic mass is 32.2. The highest BCUT2D eigenvalue weighted by Gasteiger charge is 2.31. The molecule has 0 saturated carbocycles. The molecular weight excluding hydrogens is 320 g/mol. The number of amides is 1. The number of benzene rings is 1. The number of carbonyl (C=O) groups is 1. The van der Waals surface area contributed by atoms with E-state index in [4.69, 9.17) is 4.74 Å². The summed E-state index contributed by atoms with van der Waals surface area (Å²) in [4.78, 5) is 17.7. The molecule has 132 valence electrons. The number of carbonyl (C=O) groups excluding carboxylic acids is 1. The number of rotatable bonds is 5. The highest BCUT2D eigenvalue weighted by Crippen LogP contribution is 2.38. The van der Waals surface area contributed by atoms with Gasteiger partial charge in [0.1, 0.15) is 5.25 Å². The first-order valence-corrected chi connectivity index (χ1v) is 10.0. The molecule has 2 aliphatic rings. The molecule has 0 aromatic heterocycles. The first kappa shape index (κ1) is 17.8. The van der Waals surface area contributed by atoms with Crippen LogP contribution in [-0.2, 0) is 16.0 Å². The van der Waals surface area contributed by atoms with E-state index in [1.807, 2.05) is 11.8 Å². The van der Waals surface area contributed by atoms with Gasteiger partial charge in [-0.15, -0.1) is 11.8 Å². The van der Waals surface area contributed by atoms with Crippen LogP contribution in [0.5, 0.6) is 0 Å². The predicted molar refractivity (Wildman–Crippen MR) is 99.5 cm³/mol. The number of thioether (sulfide) groups is 1. The van der Waals surface area contributed by atoms with E-state index in [9.17, 15) is 4.79 Å². The second kappa shape index (κ2) is 8.88. The number of aryl methyl sites for hydroxylation is 1. The summed E-state index contributed by atoms with van der Waals surface area (Å²) < 4.78 is 5.14. The number of nitrogens with zero attached hydrogens (tertiary/aromatic N) is 2. The molecule has 0 bridgehead atoms. The Labute approximate surface area is 149 Å². The molecule has 0 radical (unpaired) electrons. The number of methoxy groups -OCH3 is 1. The lowest BCUT2D eigenvalue weighted by Gasteiger charge is -2.30. The Hall–Kier alpha value is -1.04. The van der Waals surface area contributed by atoms with Crippen LogP contribution >= 0.6 is 11.8 Å². The minimum atomic E-state index is -0.00464. The highest BCUT2D eigenvalue weighted by molar-refractivity contribution is 8.00. The minimum Gasteiger partial charge on any atom is -0.385 e. The van der Waals surface area contributed by atoms with Gasteiger partial charge < -0.3 is 14.5 Å². The number of hydrogen-bond acceptors (Lipinski definition) is 4. The zero-order chi connectivity index (χ0) is 16.8. The Bertz CT molecular complexity index is 552. The molecule has 1 atom stereocenters. The largest absolute Gasteiger partial charge is 0.385 e. The summed E-state index contributed by atoms with van der Waals surface area (Å²) in [5.74, 6) is 1.36. The van der Waals surface area contributed by atoms with Gasteiger partial charge in [0, 0.05) is 39.9 Å². The summed E-state index contributed by atoms with van der Waals surface area (Å²) in [6, 6.07) is 8.46. The second-order valence-electron chi connectivity index (χ2n) is 6.57. The molecule has 1 amide bonds. The number of ether oxygens (including phenoxy) is 1. The van der Waals surface area contributed by atoms with E-state index in [1.54, 1.807) is 7.11 Å². The molecule has 4 nitrogen and oxygen atoms in total. The molecule has 0 unspecified atom stereocenters. The van der Waals surface area contributed by atoms with Crippen LogP contribution in [0.25, 0.3) is 0 Å². The van der Waals surface area contributed by atoms with Crippen LogP contribution in [0.4, 0.5) is 0 Å². The maximum Gasteiger partial charge on any atom is 0.240 e. The Kier molecular flexibility index (Phi) is 6.58. The fraction of sp³-hybridized carbons (Fsp3) is 0.632. The fourth-order valence-electron chi connectivity index (χ4n) is 3.61. The molecule has 5 heteroatoms. The summed E-state index contributed by atoms with van der Waals surface area (Å²) >= 11 is 1.81. The van der Waals surface area contributed by atoms with Crippen molar-refractivity contribution in [1.82, 2.24) is 9.80 Å². The van der Waals surface area contributed by atoms with Gasteiger partial charge in [0.2, 0.25) is 5.91 Å². The van der Waals surface area contributed by atoms with Gasteiger partial charge in [-0.2, -0.15) is 0 Å². The second-order valence-corrected chi connectivity index (χ2v) is 7.78.